The average molecular weight is 408 g/mol. The number of hydrogen-bond acceptors (Lipinski definition) is 3. The van der Waals surface area contributed by atoms with Crippen molar-refractivity contribution in [1.82, 2.24) is 9.97 Å². The Kier molecular flexibility index (Phi) is 6.80. The zero-order valence-electron chi connectivity index (χ0n) is 17.7. The van der Waals surface area contributed by atoms with Crippen molar-refractivity contribution < 1.29 is 4.79 Å². The van der Waals surface area contributed by atoms with Crippen molar-refractivity contribution in [1.29, 1.82) is 0 Å². The Hall–Kier alpha value is -2.53. The Morgan fingerprint density at radius 3 is 2.48 bits per heavy atom. The largest absolute Gasteiger partial charge is 0.337 e. The van der Waals surface area contributed by atoms with Crippen molar-refractivity contribution in [2.75, 3.05) is 5.32 Å². The van der Waals surface area contributed by atoms with E-state index < -0.39 is 0 Å². The summed E-state index contributed by atoms with van der Waals surface area (Å²) in [4.78, 5) is 20.9. The predicted molar refractivity (Wildman–Crippen MR) is 122 cm³/mol. The Bertz CT molecular complexity index is 979. The molecule has 152 valence electrons. The van der Waals surface area contributed by atoms with Crippen LogP contribution in [0.25, 0.3) is 0 Å². The summed E-state index contributed by atoms with van der Waals surface area (Å²) in [5.74, 6) is 0.339. The third-order valence-electron chi connectivity index (χ3n) is 5.01. The van der Waals surface area contributed by atoms with E-state index in [9.17, 15) is 4.79 Å². The summed E-state index contributed by atoms with van der Waals surface area (Å²) in [5, 5.41) is 3.66. The van der Waals surface area contributed by atoms with Crippen LogP contribution in [0.4, 0.5) is 5.69 Å². The number of carbonyl (C=O) groups is 1. The number of aryl methyl sites for hydroxylation is 2. The Balaban J connectivity index is 1.69. The van der Waals surface area contributed by atoms with E-state index >= 15 is 0 Å². The molecule has 0 aliphatic carbocycles. The van der Waals surface area contributed by atoms with Crippen LogP contribution in [0.3, 0.4) is 0 Å². The van der Waals surface area contributed by atoms with Crippen LogP contribution in [-0.2, 0) is 11.2 Å². The van der Waals surface area contributed by atoms with Crippen LogP contribution in [-0.4, -0.2) is 21.1 Å². The molecule has 1 unspecified atom stereocenters. The molecule has 0 bridgehead atoms. The summed E-state index contributed by atoms with van der Waals surface area (Å²) in [6.07, 6.45) is 0.783. The maximum absolute atomic E-state index is 12.9. The highest BCUT2D eigenvalue weighted by Crippen LogP contribution is 2.29. The smallest absolute Gasteiger partial charge is 0.237 e. The van der Waals surface area contributed by atoms with Gasteiger partial charge in [0.05, 0.1) is 10.9 Å². The highest BCUT2D eigenvalue weighted by molar-refractivity contribution is 8.00. The van der Waals surface area contributed by atoms with Crippen molar-refractivity contribution in [2.45, 2.75) is 57.4 Å². The summed E-state index contributed by atoms with van der Waals surface area (Å²) in [6, 6.07) is 16.5. The van der Waals surface area contributed by atoms with Gasteiger partial charge in [0.15, 0.2) is 5.16 Å². The Morgan fingerprint density at radius 1 is 1.07 bits per heavy atom. The normalized spacial score (nSPS) is 12.2. The van der Waals surface area contributed by atoms with E-state index in [4.69, 9.17) is 4.98 Å². The quantitative estimate of drug-likeness (QED) is 0.482. The molecule has 0 saturated carbocycles. The minimum atomic E-state index is -0.259. The van der Waals surface area contributed by atoms with Gasteiger partial charge in [0.2, 0.25) is 5.91 Å². The number of aromatic nitrogens is 2. The summed E-state index contributed by atoms with van der Waals surface area (Å²) < 4.78 is 0. The van der Waals surface area contributed by atoms with Crippen LogP contribution in [0, 0.1) is 13.8 Å². The number of para-hydroxylation sites is 1. The van der Waals surface area contributed by atoms with Crippen LogP contribution < -0.4 is 5.32 Å². The zero-order chi connectivity index (χ0) is 21.0. The van der Waals surface area contributed by atoms with Gasteiger partial charge in [0, 0.05) is 17.8 Å². The molecule has 1 atom stereocenters. The van der Waals surface area contributed by atoms with Crippen LogP contribution in [0.1, 0.15) is 54.8 Å². The lowest BCUT2D eigenvalue weighted by Crippen LogP contribution is -2.24. The zero-order valence-corrected chi connectivity index (χ0v) is 18.6. The fourth-order valence-electron chi connectivity index (χ4n) is 3.27. The maximum atomic E-state index is 12.9. The first-order chi connectivity index (χ1) is 13.8. The van der Waals surface area contributed by atoms with Crippen LogP contribution in [0.15, 0.2) is 53.7 Å². The number of anilines is 1. The lowest BCUT2D eigenvalue weighted by molar-refractivity contribution is -0.115. The lowest BCUT2D eigenvalue weighted by atomic mass is 9.98. The lowest BCUT2D eigenvalue weighted by Gasteiger charge is -2.18. The second-order valence-corrected chi connectivity index (χ2v) is 9.05. The van der Waals surface area contributed by atoms with Gasteiger partial charge < -0.3 is 10.3 Å². The molecule has 5 heteroatoms. The molecule has 3 rings (SSSR count). The molecule has 0 saturated heterocycles. The fourth-order valence-corrected chi connectivity index (χ4v) is 4.15. The highest BCUT2D eigenvalue weighted by atomic mass is 32.2. The van der Waals surface area contributed by atoms with Gasteiger partial charge in [-0.15, -0.1) is 0 Å². The summed E-state index contributed by atoms with van der Waals surface area (Å²) in [5.41, 5.74) is 6.47. The number of nitrogens with zero attached hydrogens (tertiary/aromatic N) is 1. The van der Waals surface area contributed by atoms with Crippen LogP contribution in [0.5, 0.6) is 0 Å². The van der Waals surface area contributed by atoms with E-state index in [-0.39, 0.29) is 11.2 Å². The summed E-state index contributed by atoms with van der Waals surface area (Å²) in [6.45, 7) is 10.3. The molecular weight excluding hydrogens is 378 g/mol. The molecule has 0 aliphatic rings. The second kappa shape index (κ2) is 9.31. The molecule has 29 heavy (non-hydrogen) atoms. The third kappa shape index (κ3) is 5.30. The van der Waals surface area contributed by atoms with Crippen LogP contribution in [0.2, 0.25) is 0 Å². The van der Waals surface area contributed by atoms with E-state index in [0.29, 0.717) is 5.92 Å². The molecule has 4 nitrogen and oxygen atoms in total. The molecular formula is C24H29N3OS. The standard InChI is InChI=1S/C24H29N3OS/c1-15(2)20-13-9-10-16(3)22(20)27-23(28)18(5)29-24-25-17(4)21(26-24)14-19-11-7-6-8-12-19/h6-13,15,18H,14H2,1-5H3,(H,25,26)(H,27,28). The van der Waals surface area contributed by atoms with Gasteiger partial charge in [0.1, 0.15) is 0 Å². The van der Waals surface area contributed by atoms with E-state index in [1.165, 1.54) is 17.3 Å². The first kappa shape index (κ1) is 21.2. The van der Waals surface area contributed by atoms with Gasteiger partial charge in [0.25, 0.3) is 0 Å². The number of benzene rings is 2. The Morgan fingerprint density at radius 2 is 1.79 bits per heavy atom. The number of aromatic amines is 1. The second-order valence-electron chi connectivity index (χ2n) is 7.72. The first-order valence-corrected chi connectivity index (χ1v) is 10.9. The summed E-state index contributed by atoms with van der Waals surface area (Å²) in [7, 11) is 0. The SMILES string of the molecule is Cc1cccc(C(C)C)c1NC(=O)C(C)Sc1nc(Cc2ccccc2)c(C)[nH]1. The van der Waals surface area contributed by atoms with Gasteiger partial charge in [-0.3, -0.25) is 4.79 Å². The predicted octanol–water partition coefficient (Wildman–Crippen LogP) is 5.86. The van der Waals surface area contributed by atoms with Crippen molar-refractivity contribution in [2.24, 2.45) is 0 Å². The maximum Gasteiger partial charge on any atom is 0.237 e. The minimum absolute atomic E-state index is 0.00939. The van der Waals surface area contributed by atoms with Crippen molar-refractivity contribution in [3.8, 4) is 0 Å². The third-order valence-corrected chi connectivity index (χ3v) is 6.00. The monoisotopic (exact) mass is 407 g/mol. The number of nitrogens with one attached hydrogen (secondary N) is 2. The molecule has 0 fully saturated rings. The molecule has 0 aliphatic heterocycles. The van der Waals surface area contributed by atoms with Gasteiger partial charge in [-0.2, -0.15) is 0 Å². The molecule has 1 aromatic heterocycles. The minimum Gasteiger partial charge on any atom is -0.337 e. The number of thioether (sulfide) groups is 1. The van der Waals surface area contributed by atoms with E-state index in [1.807, 2.05) is 51.1 Å². The molecule has 1 amide bonds. The molecule has 1 heterocycles. The van der Waals surface area contributed by atoms with Crippen LogP contribution >= 0.6 is 11.8 Å². The fraction of sp³-hybridized carbons (Fsp3) is 0.333. The molecule has 0 spiro atoms. The topological polar surface area (TPSA) is 57.8 Å². The van der Waals surface area contributed by atoms with E-state index in [2.05, 4.69) is 42.3 Å². The van der Waals surface area contributed by atoms with Gasteiger partial charge in [-0.25, -0.2) is 4.98 Å². The summed E-state index contributed by atoms with van der Waals surface area (Å²) >= 11 is 1.46. The van der Waals surface area contributed by atoms with Gasteiger partial charge in [-0.1, -0.05) is 74.1 Å². The molecule has 3 aromatic rings. The Labute approximate surface area is 177 Å². The number of rotatable bonds is 7. The van der Waals surface area contributed by atoms with Crippen molar-refractivity contribution in [3.05, 3.63) is 76.6 Å². The molecule has 0 radical (unpaired) electrons. The van der Waals surface area contributed by atoms with Gasteiger partial charge >= 0.3 is 0 Å². The number of amides is 1. The van der Waals surface area contributed by atoms with Gasteiger partial charge in [-0.05, 0) is 43.4 Å². The van der Waals surface area contributed by atoms with E-state index in [1.54, 1.807) is 0 Å². The number of H-pyrrole nitrogens is 1. The number of hydrogen-bond donors (Lipinski definition) is 2. The van der Waals surface area contributed by atoms with Crippen molar-refractivity contribution >= 4 is 23.4 Å². The number of carbonyl (C=O) groups excluding carboxylic acids is 1. The highest BCUT2D eigenvalue weighted by Gasteiger charge is 2.20. The number of imidazole rings is 1. The average Bonchev–Trinajstić information content (AvgIpc) is 3.02. The van der Waals surface area contributed by atoms with E-state index in [0.717, 1.165) is 39.8 Å². The molecule has 2 N–H and O–H groups in total. The first-order valence-electron chi connectivity index (χ1n) is 10.0. The molecule has 2 aromatic carbocycles. The van der Waals surface area contributed by atoms with Crippen molar-refractivity contribution in [3.63, 3.8) is 0 Å².